The third-order valence-corrected chi connectivity index (χ3v) is 5.59. The highest BCUT2D eigenvalue weighted by molar-refractivity contribution is 6.02. The molecule has 4 heterocycles. The summed E-state index contributed by atoms with van der Waals surface area (Å²) in [7, 11) is 1.38. The van der Waals surface area contributed by atoms with Crippen LogP contribution in [0.2, 0.25) is 0 Å². The van der Waals surface area contributed by atoms with Crippen LogP contribution < -0.4 is 10.1 Å². The number of benzene rings is 1. The van der Waals surface area contributed by atoms with Crippen molar-refractivity contribution in [3.05, 3.63) is 82.7 Å². The van der Waals surface area contributed by atoms with Gasteiger partial charge in [-0.05, 0) is 49.7 Å². The minimum Gasteiger partial charge on any atom is -0.494 e. The molecule has 3 aromatic heterocycles. The Morgan fingerprint density at radius 1 is 1.14 bits per heavy atom. The fraction of sp³-hybridized carbons (Fsp3) is 0.240. The number of rotatable bonds is 7. The summed E-state index contributed by atoms with van der Waals surface area (Å²) >= 11 is 0. The predicted molar refractivity (Wildman–Crippen MR) is 128 cm³/mol. The van der Waals surface area contributed by atoms with E-state index < -0.39 is 17.8 Å². The zero-order chi connectivity index (χ0) is 25.9. The van der Waals surface area contributed by atoms with Crippen molar-refractivity contribution in [2.24, 2.45) is 5.16 Å². The number of amides is 1. The number of methoxy groups -OCH3 is 1. The maximum atomic E-state index is 13.6. The van der Waals surface area contributed by atoms with Gasteiger partial charge < -0.3 is 19.4 Å². The van der Waals surface area contributed by atoms with Crippen molar-refractivity contribution < 1.29 is 23.3 Å². The lowest BCUT2D eigenvalue weighted by molar-refractivity contribution is 0.0826. The summed E-state index contributed by atoms with van der Waals surface area (Å²) in [5.41, 5.74) is 3.30. The Kier molecular flexibility index (Phi) is 6.54. The first kappa shape index (κ1) is 24.0. The summed E-state index contributed by atoms with van der Waals surface area (Å²) < 4.78 is 23.8. The summed E-state index contributed by atoms with van der Waals surface area (Å²) in [5.74, 6) is 0.574. The first-order chi connectivity index (χ1) is 17.9. The lowest BCUT2D eigenvalue weighted by atomic mass is 10.1. The molecule has 5 rings (SSSR count). The maximum Gasteiger partial charge on any atom is 0.270 e. The Morgan fingerprint density at radius 2 is 2.00 bits per heavy atom. The average Bonchev–Trinajstić information content (AvgIpc) is 3.57. The van der Waals surface area contributed by atoms with Crippen LogP contribution in [0.4, 0.5) is 4.39 Å². The van der Waals surface area contributed by atoms with Gasteiger partial charge in [0, 0.05) is 19.2 Å². The Hall–Kier alpha value is -4.74. The molecule has 37 heavy (non-hydrogen) atoms. The number of pyridine rings is 1. The number of carbonyl (C=O) groups excluding carboxylic acids is 1. The molecule has 0 spiro atoms. The number of hydrogen-bond acceptors (Lipinski definition) is 10. The fourth-order valence-corrected chi connectivity index (χ4v) is 3.74. The molecule has 1 atom stereocenters. The molecule has 4 aromatic rings. The zero-order valence-corrected chi connectivity index (χ0v) is 20.2. The van der Waals surface area contributed by atoms with Gasteiger partial charge in [0.2, 0.25) is 0 Å². The molecule has 1 unspecified atom stereocenters. The van der Waals surface area contributed by atoms with E-state index in [4.69, 9.17) is 14.1 Å². The molecule has 188 valence electrons. The molecule has 1 aliphatic heterocycles. The van der Waals surface area contributed by atoms with Gasteiger partial charge in [-0.2, -0.15) is 4.98 Å². The normalized spacial score (nSPS) is 14.7. The van der Waals surface area contributed by atoms with Crippen LogP contribution in [-0.2, 0) is 11.4 Å². The molecule has 0 radical (unpaired) electrons. The van der Waals surface area contributed by atoms with Crippen LogP contribution in [0.15, 0.2) is 52.3 Å². The Balaban J connectivity index is 1.25. The molecule has 1 aliphatic rings. The predicted octanol–water partition coefficient (Wildman–Crippen LogP) is 3.48. The highest BCUT2D eigenvalue weighted by atomic mass is 19.1. The van der Waals surface area contributed by atoms with E-state index in [1.807, 2.05) is 12.1 Å². The topological polar surface area (TPSA) is 138 Å². The quantitative estimate of drug-likeness (QED) is 0.402. The molecule has 11 nitrogen and oxygen atoms in total. The van der Waals surface area contributed by atoms with E-state index in [1.165, 1.54) is 19.2 Å². The van der Waals surface area contributed by atoms with Crippen molar-refractivity contribution in [2.45, 2.75) is 32.9 Å². The number of aryl methyl sites for hydroxylation is 2. The van der Waals surface area contributed by atoms with Crippen LogP contribution in [0, 0.1) is 19.7 Å². The van der Waals surface area contributed by atoms with Crippen molar-refractivity contribution in [1.82, 2.24) is 30.4 Å². The SMILES string of the molecule is COc1cc(CNC(=O)c2cc(C3=NOC(c4ccc(-c5nc(C)no5)cn4)C3)nc(C)n2)ccc1F. The summed E-state index contributed by atoms with van der Waals surface area (Å²) in [6.07, 6.45) is 1.64. The average molecular weight is 503 g/mol. The molecule has 0 fully saturated rings. The third kappa shape index (κ3) is 5.27. The van der Waals surface area contributed by atoms with E-state index in [1.54, 1.807) is 32.2 Å². The van der Waals surface area contributed by atoms with Gasteiger partial charge in [-0.3, -0.25) is 9.78 Å². The number of hydrogen-bond donors (Lipinski definition) is 1. The second-order valence-corrected chi connectivity index (χ2v) is 8.29. The van der Waals surface area contributed by atoms with Gasteiger partial charge in [-0.1, -0.05) is 16.4 Å². The second-order valence-electron chi connectivity index (χ2n) is 8.29. The van der Waals surface area contributed by atoms with Crippen LogP contribution in [0.5, 0.6) is 5.75 Å². The lowest BCUT2D eigenvalue weighted by Crippen LogP contribution is -2.25. The highest BCUT2D eigenvalue weighted by Crippen LogP contribution is 2.29. The summed E-state index contributed by atoms with van der Waals surface area (Å²) in [6.45, 7) is 3.61. The van der Waals surface area contributed by atoms with Crippen molar-refractivity contribution in [3.8, 4) is 17.2 Å². The number of ether oxygens (including phenoxy) is 1. The summed E-state index contributed by atoms with van der Waals surface area (Å²) in [5, 5.41) is 10.7. The van der Waals surface area contributed by atoms with Gasteiger partial charge in [0.15, 0.2) is 23.5 Å². The van der Waals surface area contributed by atoms with Crippen molar-refractivity contribution >= 4 is 11.6 Å². The second kappa shape index (κ2) is 10.1. The lowest BCUT2D eigenvalue weighted by Gasteiger charge is -2.09. The van der Waals surface area contributed by atoms with Crippen LogP contribution in [-0.4, -0.2) is 43.8 Å². The van der Waals surface area contributed by atoms with Gasteiger partial charge >= 0.3 is 0 Å². The van der Waals surface area contributed by atoms with E-state index in [0.717, 1.165) is 0 Å². The standard InChI is InChI=1S/C25H22FN7O4/c1-13-29-19(9-21(30-13)24(34)28-11-15-4-6-17(26)22(8-15)35-3)20-10-23(36-33-20)18-7-5-16(12-27-18)25-31-14(2)32-37-25/h4-9,12,23H,10-11H2,1-3H3,(H,28,34). The smallest absolute Gasteiger partial charge is 0.270 e. The molecule has 0 saturated carbocycles. The van der Waals surface area contributed by atoms with Crippen LogP contribution in [0.1, 0.15) is 51.6 Å². The van der Waals surface area contributed by atoms with Gasteiger partial charge in [0.25, 0.3) is 11.8 Å². The van der Waals surface area contributed by atoms with Crippen molar-refractivity contribution in [1.29, 1.82) is 0 Å². The fourth-order valence-electron chi connectivity index (χ4n) is 3.74. The number of oxime groups is 1. The first-order valence-electron chi connectivity index (χ1n) is 11.4. The van der Waals surface area contributed by atoms with Crippen LogP contribution in [0.3, 0.4) is 0 Å². The monoisotopic (exact) mass is 503 g/mol. The van der Waals surface area contributed by atoms with E-state index in [0.29, 0.717) is 52.2 Å². The van der Waals surface area contributed by atoms with Gasteiger partial charge in [-0.15, -0.1) is 0 Å². The largest absolute Gasteiger partial charge is 0.494 e. The Bertz CT molecular complexity index is 1490. The zero-order valence-electron chi connectivity index (χ0n) is 20.2. The molecule has 1 N–H and O–H groups in total. The molecule has 0 bridgehead atoms. The number of carbonyl (C=O) groups is 1. The molecular formula is C25H22FN7O4. The number of nitrogens with zero attached hydrogens (tertiary/aromatic N) is 6. The highest BCUT2D eigenvalue weighted by Gasteiger charge is 2.27. The van der Waals surface area contributed by atoms with E-state index in [9.17, 15) is 9.18 Å². The van der Waals surface area contributed by atoms with Gasteiger partial charge in [0.1, 0.15) is 17.2 Å². The molecule has 0 aliphatic carbocycles. The van der Waals surface area contributed by atoms with Crippen LogP contribution in [0.25, 0.3) is 11.5 Å². The molecular weight excluding hydrogens is 481 g/mol. The maximum absolute atomic E-state index is 13.6. The first-order valence-corrected chi connectivity index (χ1v) is 11.4. The summed E-state index contributed by atoms with van der Waals surface area (Å²) in [4.78, 5) is 35.7. The van der Waals surface area contributed by atoms with Gasteiger partial charge in [-0.25, -0.2) is 14.4 Å². The minimum absolute atomic E-state index is 0.106. The van der Waals surface area contributed by atoms with Crippen molar-refractivity contribution in [3.63, 3.8) is 0 Å². The van der Waals surface area contributed by atoms with E-state index in [2.05, 4.69) is 35.6 Å². The third-order valence-electron chi connectivity index (χ3n) is 5.59. The van der Waals surface area contributed by atoms with Crippen LogP contribution >= 0.6 is 0 Å². The number of halogens is 1. The minimum atomic E-state index is -0.473. The Morgan fingerprint density at radius 3 is 2.73 bits per heavy atom. The Labute approximate surface area is 210 Å². The number of nitrogens with one attached hydrogen (secondary N) is 1. The van der Waals surface area contributed by atoms with Crippen molar-refractivity contribution in [2.75, 3.05) is 7.11 Å². The van der Waals surface area contributed by atoms with Gasteiger partial charge in [0.05, 0.1) is 24.1 Å². The molecule has 12 heteroatoms. The molecule has 1 amide bonds. The molecule has 0 saturated heterocycles. The van der Waals surface area contributed by atoms with E-state index >= 15 is 0 Å². The molecule has 1 aromatic carbocycles. The number of aromatic nitrogens is 5. The summed E-state index contributed by atoms with van der Waals surface area (Å²) in [6, 6.07) is 9.59. The van der Waals surface area contributed by atoms with E-state index in [-0.39, 0.29) is 18.0 Å².